The number of nitrogens with one attached hydrogen (secondary N) is 1. The molecule has 2 saturated heterocycles. The van der Waals surface area contributed by atoms with Gasteiger partial charge >= 0.3 is 0 Å². The van der Waals surface area contributed by atoms with Gasteiger partial charge in [-0.15, -0.1) is 0 Å². The Morgan fingerprint density at radius 2 is 1.88 bits per heavy atom. The van der Waals surface area contributed by atoms with Gasteiger partial charge in [-0.3, -0.25) is 9.69 Å². The third kappa shape index (κ3) is 4.36. The average Bonchev–Trinajstić information content (AvgIpc) is 2.53. The lowest BCUT2D eigenvalue weighted by molar-refractivity contribution is -0.125. The fourth-order valence-corrected chi connectivity index (χ4v) is 4.56. The highest BCUT2D eigenvalue weighted by Crippen LogP contribution is 2.36. The maximum absolute atomic E-state index is 12.0. The number of amides is 1. The van der Waals surface area contributed by atoms with Crippen molar-refractivity contribution in [1.82, 2.24) is 20.2 Å². The van der Waals surface area contributed by atoms with Crippen molar-refractivity contribution in [3.05, 3.63) is 16.4 Å². The third-order valence-corrected chi connectivity index (χ3v) is 5.70. The first-order valence-electron chi connectivity index (χ1n) is 8.93. The van der Waals surface area contributed by atoms with Gasteiger partial charge < -0.3 is 10.2 Å². The number of aromatic nitrogens is 2. The minimum absolute atomic E-state index is 0.121. The summed E-state index contributed by atoms with van der Waals surface area (Å²) >= 11 is 12.0. The van der Waals surface area contributed by atoms with Crippen LogP contribution in [0.4, 0.5) is 5.95 Å². The van der Waals surface area contributed by atoms with Crippen molar-refractivity contribution in [1.29, 1.82) is 0 Å². The summed E-state index contributed by atoms with van der Waals surface area (Å²) in [6.45, 7) is 3.13. The van der Waals surface area contributed by atoms with Crippen LogP contribution in [0.2, 0.25) is 10.3 Å². The van der Waals surface area contributed by atoms with Crippen LogP contribution in [0.1, 0.15) is 39.0 Å². The third-order valence-electron chi connectivity index (χ3n) is 5.32. The number of hydrogen-bond acceptors (Lipinski definition) is 5. The number of hydrogen-bond donors (Lipinski definition) is 1. The molecular formula is C17H25Cl2N5O. The summed E-state index contributed by atoms with van der Waals surface area (Å²) in [5, 5.41) is 3.63. The second-order valence-corrected chi connectivity index (χ2v) is 7.69. The van der Waals surface area contributed by atoms with Crippen LogP contribution in [0.25, 0.3) is 0 Å². The summed E-state index contributed by atoms with van der Waals surface area (Å²) in [5.74, 6) is 0.689. The number of likely N-dealkylation sites (N-methyl/N-ethyl adjacent to an activating group) is 1. The molecule has 1 aromatic heterocycles. The van der Waals surface area contributed by atoms with Crippen LogP contribution in [0.5, 0.6) is 0 Å². The first kappa shape index (κ1) is 18.7. The Hall–Kier alpha value is -1.11. The van der Waals surface area contributed by atoms with E-state index in [4.69, 9.17) is 23.2 Å². The Bertz CT molecular complexity index is 595. The largest absolute Gasteiger partial charge is 0.355 e. The normalized spacial score (nSPS) is 26.3. The van der Waals surface area contributed by atoms with E-state index in [1.165, 1.54) is 6.42 Å². The van der Waals surface area contributed by atoms with Crippen molar-refractivity contribution >= 4 is 35.1 Å². The zero-order valence-corrected chi connectivity index (χ0v) is 16.2. The van der Waals surface area contributed by atoms with Crippen LogP contribution in [-0.2, 0) is 4.79 Å². The number of fused-ring (bicyclic) bond motifs is 2. The summed E-state index contributed by atoms with van der Waals surface area (Å²) in [5.41, 5.74) is 0. The molecule has 2 fully saturated rings. The molecule has 1 amide bonds. The Morgan fingerprint density at radius 3 is 2.44 bits per heavy atom. The van der Waals surface area contributed by atoms with E-state index < -0.39 is 0 Å². The van der Waals surface area contributed by atoms with Gasteiger partial charge in [0.15, 0.2) is 0 Å². The van der Waals surface area contributed by atoms with Gasteiger partial charge in [0.1, 0.15) is 10.3 Å². The van der Waals surface area contributed by atoms with E-state index in [9.17, 15) is 4.79 Å². The van der Waals surface area contributed by atoms with Gasteiger partial charge in [-0.05, 0) is 32.6 Å². The molecule has 2 bridgehead atoms. The van der Waals surface area contributed by atoms with Gasteiger partial charge in [0.2, 0.25) is 11.9 Å². The van der Waals surface area contributed by atoms with Gasteiger partial charge in [0, 0.05) is 37.8 Å². The standard InChI is InChI=1S/C17H25Cl2N5O/c1-3-20-16(25)10-24-11-5-4-6-12(24)8-13(7-11)23(2)17-21-14(18)9-15(19)22-17/h9,11-13H,3-8,10H2,1-2H3,(H,20,25)/t11-,12+,13-. The molecular weight excluding hydrogens is 361 g/mol. The molecule has 0 saturated carbocycles. The quantitative estimate of drug-likeness (QED) is 0.789. The van der Waals surface area contributed by atoms with Crippen LogP contribution >= 0.6 is 23.2 Å². The molecule has 0 spiro atoms. The van der Waals surface area contributed by atoms with Crippen molar-refractivity contribution in [3.63, 3.8) is 0 Å². The zero-order valence-electron chi connectivity index (χ0n) is 14.7. The highest BCUT2D eigenvalue weighted by Gasteiger charge is 2.40. The number of carbonyl (C=O) groups is 1. The minimum atomic E-state index is 0.121. The first-order valence-corrected chi connectivity index (χ1v) is 9.69. The lowest BCUT2D eigenvalue weighted by Gasteiger charge is -2.50. The highest BCUT2D eigenvalue weighted by atomic mass is 35.5. The molecule has 0 unspecified atom stereocenters. The predicted octanol–water partition coefficient (Wildman–Crippen LogP) is 2.74. The van der Waals surface area contributed by atoms with Crippen molar-refractivity contribution in [2.24, 2.45) is 0 Å². The Balaban J connectivity index is 1.71. The molecule has 1 aromatic rings. The van der Waals surface area contributed by atoms with Crippen molar-refractivity contribution in [3.8, 4) is 0 Å². The summed E-state index contributed by atoms with van der Waals surface area (Å²) < 4.78 is 0. The first-order chi connectivity index (χ1) is 12.0. The number of anilines is 1. The van der Waals surface area contributed by atoms with Crippen LogP contribution in [-0.4, -0.2) is 59.0 Å². The van der Waals surface area contributed by atoms with Crippen LogP contribution in [0.3, 0.4) is 0 Å². The Morgan fingerprint density at radius 1 is 1.28 bits per heavy atom. The fraction of sp³-hybridized carbons (Fsp3) is 0.706. The number of nitrogens with zero attached hydrogens (tertiary/aromatic N) is 4. The summed E-state index contributed by atoms with van der Waals surface area (Å²) in [6, 6.07) is 2.73. The maximum atomic E-state index is 12.0. The fourth-order valence-electron chi connectivity index (χ4n) is 4.14. The van der Waals surface area contributed by atoms with E-state index >= 15 is 0 Å². The Kier molecular flexibility index (Phi) is 6.02. The number of piperidine rings is 2. The highest BCUT2D eigenvalue weighted by molar-refractivity contribution is 6.33. The second kappa shape index (κ2) is 8.06. The molecule has 25 heavy (non-hydrogen) atoms. The van der Waals surface area contributed by atoms with Gasteiger partial charge in [0.05, 0.1) is 6.54 Å². The van der Waals surface area contributed by atoms with E-state index in [1.54, 1.807) is 6.07 Å². The molecule has 2 aliphatic rings. The molecule has 8 heteroatoms. The molecule has 3 rings (SSSR count). The van der Waals surface area contributed by atoms with Crippen LogP contribution < -0.4 is 10.2 Å². The lowest BCUT2D eigenvalue weighted by Crippen LogP contribution is -2.58. The van der Waals surface area contributed by atoms with E-state index in [0.717, 1.165) is 25.7 Å². The smallest absolute Gasteiger partial charge is 0.234 e. The molecule has 0 radical (unpaired) electrons. The molecule has 2 aliphatic heterocycles. The van der Waals surface area contributed by atoms with Crippen molar-refractivity contribution in [2.75, 3.05) is 25.0 Å². The molecule has 1 N–H and O–H groups in total. The summed E-state index contributed by atoms with van der Waals surface area (Å²) in [7, 11) is 2.00. The SMILES string of the molecule is CCNC(=O)CN1[C@@H]2CCC[C@H]1C[C@H](N(C)c1nc(Cl)cc(Cl)n1)C2. The predicted molar refractivity (Wildman–Crippen MR) is 100 cm³/mol. The average molecular weight is 386 g/mol. The van der Waals surface area contributed by atoms with Gasteiger partial charge in [-0.25, -0.2) is 9.97 Å². The van der Waals surface area contributed by atoms with E-state index in [0.29, 0.717) is 47.5 Å². The minimum Gasteiger partial charge on any atom is -0.355 e. The molecule has 138 valence electrons. The number of halogens is 2. The summed E-state index contributed by atoms with van der Waals surface area (Å²) in [6.07, 6.45) is 5.51. The van der Waals surface area contributed by atoms with E-state index in [2.05, 4.69) is 25.1 Å². The van der Waals surface area contributed by atoms with Gasteiger partial charge in [0.25, 0.3) is 0 Å². The monoisotopic (exact) mass is 385 g/mol. The Labute approximate surface area is 158 Å². The molecule has 0 aromatic carbocycles. The second-order valence-electron chi connectivity index (χ2n) is 6.91. The molecule has 3 heterocycles. The molecule has 6 nitrogen and oxygen atoms in total. The molecule has 3 atom stereocenters. The maximum Gasteiger partial charge on any atom is 0.234 e. The zero-order chi connectivity index (χ0) is 18.0. The van der Waals surface area contributed by atoms with Crippen molar-refractivity contribution in [2.45, 2.75) is 57.2 Å². The van der Waals surface area contributed by atoms with Gasteiger partial charge in [-0.1, -0.05) is 29.6 Å². The number of carbonyl (C=O) groups excluding carboxylic acids is 1. The van der Waals surface area contributed by atoms with Gasteiger partial charge in [-0.2, -0.15) is 0 Å². The van der Waals surface area contributed by atoms with E-state index in [-0.39, 0.29) is 5.91 Å². The topological polar surface area (TPSA) is 61.4 Å². The lowest BCUT2D eigenvalue weighted by atomic mass is 9.81. The van der Waals surface area contributed by atoms with Crippen LogP contribution in [0.15, 0.2) is 6.07 Å². The van der Waals surface area contributed by atoms with E-state index in [1.807, 2.05) is 14.0 Å². The number of rotatable bonds is 5. The van der Waals surface area contributed by atoms with Crippen molar-refractivity contribution < 1.29 is 4.79 Å². The summed E-state index contributed by atoms with van der Waals surface area (Å²) in [4.78, 5) is 25.2. The van der Waals surface area contributed by atoms with Crippen LogP contribution in [0, 0.1) is 0 Å². The molecule has 0 aliphatic carbocycles.